The molecule has 0 bridgehead atoms. The number of benzene rings is 1. The Morgan fingerprint density at radius 1 is 1.30 bits per heavy atom. The molecule has 1 aromatic carbocycles. The van der Waals surface area contributed by atoms with Crippen LogP contribution in [0, 0.1) is 13.8 Å². The third-order valence-electron chi connectivity index (χ3n) is 3.19. The van der Waals surface area contributed by atoms with Gasteiger partial charge in [0.05, 0.1) is 24.6 Å². The molecule has 0 unspecified atom stereocenters. The summed E-state index contributed by atoms with van der Waals surface area (Å²) in [6.45, 7) is 3.25. The Balaban J connectivity index is 2.47. The first-order valence-corrected chi connectivity index (χ1v) is 6.66. The lowest BCUT2D eigenvalue weighted by Gasteiger charge is -2.13. The Hall–Kier alpha value is -3.16. The quantitative estimate of drug-likeness (QED) is 0.726. The summed E-state index contributed by atoms with van der Waals surface area (Å²) < 4.78 is 5.05. The molecule has 0 radical (unpaired) electrons. The van der Waals surface area contributed by atoms with Gasteiger partial charge in [0.1, 0.15) is 11.6 Å². The van der Waals surface area contributed by atoms with E-state index in [0.29, 0.717) is 11.4 Å². The Kier molecular flexibility index (Phi) is 4.44. The number of hydrogen-bond acceptors (Lipinski definition) is 6. The SMILES string of the molecule is COc1cnc(C)nc1C(=O)Nc1c(C(N)=O)ccc(C)c1O. The number of nitrogens with two attached hydrogens (primary N) is 1. The van der Waals surface area contributed by atoms with Gasteiger partial charge in [0.2, 0.25) is 0 Å². The molecule has 0 atom stereocenters. The lowest BCUT2D eigenvalue weighted by molar-refractivity contribution is 0.100. The van der Waals surface area contributed by atoms with Crippen molar-refractivity contribution in [1.82, 2.24) is 9.97 Å². The van der Waals surface area contributed by atoms with Crippen molar-refractivity contribution >= 4 is 17.5 Å². The molecule has 0 aliphatic rings. The zero-order valence-corrected chi connectivity index (χ0v) is 12.9. The average Bonchev–Trinajstić information content (AvgIpc) is 2.51. The van der Waals surface area contributed by atoms with Crippen LogP contribution < -0.4 is 15.8 Å². The number of methoxy groups -OCH3 is 1. The molecule has 120 valence electrons. The van der Waals surface area contributed by atoms with Gasteiger partial charge in [-0.15, -0.1) is 0 Å². The zero-order chi connectivity index (χ0) is 17.1. The molecule has 0 saturated carbocycles. The van der Waals surface area contributed by atoms with Crippen LogP contribution in [-0.2, 0) is 0 Å². The summed E-state index contributed by atoms with van der Waals surface area (Å²) in [5.74, 6) is -1.13. The standard InChI is InChI=1S/C15H16N4O4/c1-7-4-5-9(14(16)21)11(13(7)20)19-15(22)12-10(23-3)6-17-8(2)18-12/h4-6,20H,1-3H3,(H2,16,21)(H,19,22). The fourth-order valence-corrected chi connectivity index (χ4v) is 1.97. The minimum absolute atomic E-state index is 0.00815. The first-order valence-electron chi connectivity index (χ1n) is 6.66. The van der Waals surface area contributed by atoms with Gasteiger partial charge < -0.3 is 20.9 Å². The van der Waals surface area contributed by atoms with Crippen LogP contribution in [0.15, 0.2) is 18.3 Å². The summed E-state index contributed by atoms with van der Waals surface area (Å²) in [6.07, 6.45) is 1.36. The monoisotopic (exact) mass is 316 g/mol. The molecular formula is C15H16N4O4. The summed E-state index contributed by atoms with van der Waals surface area (Å²) in [5.41, 5.74) is 5.66. The van der Waals surface area contributed by atoms with Gasteiger partial charge in [0.15, 0.2) is 11.4 Å². The van der Waals surface area contributed by atoms with E-state index in [4.69, 9.17) is 10.5 Å². The van der Waals surface area contributed by atoms with Crippen molar-refractivity contribution in [3.8, 4) is 11.5 Å². The van der Waals surface area contributed by atoms with Crippen LogP contribution >= 0.6 is 0 Å². The zero-order valence-electron chi connectivity index (χ0n) is 12.9. The van der Waals surface area contributed by atoms with Gasteiger partial charge in [-0.1, -0.05) is 6.07 Å². The predicted molar refractivity (Wildman–Crippen MR) is 82.6 cm³/mol. The highest BCUT2D eigenvalue weighted by atomic mass is 16.5. The number of carbonyl (C=O) groups excluding carboxylic acids is 2. The van der Waals surface area contributed by atoms with E-state index in [9.17, 15) is 14.7 Å². The molecule has 2 amide bonds. The van der Waals surface area contributed by atoms with Gasteiger partial charge in [-0.25, -0.2) is 9.97 Å². The van der Waals surface area contributed by atoms with Crippen LogP contribution in [0.2, 0.25) is 0 Å². The Morgan fingerprint density at radius 3 is 2.61 bits per heavy atom. The van der Waals surface area contributed by atoms with Crippen molar-refractivity contribution in [2.24, 2.45) is 5.73 Å². The third-order valence-corrected chi connectivity index (χ3v) is 3.19. The second kappa shape index (κ2) is 6.30. The topological polar surface area (TPSA) is 127 Å². The predicted octanol–water partition coefficient (Wildman–Crippen LogP) is 1.16. The van der Waals surface area contributed by atoms with Crippen molar-refractivity contribution in [3.63, 3.8) is 0 Å². The van der Waals surface area contributed by atoms with Crippen LogP contribution in [0.5, 0.6) is 11.5 Å². The van der Waals surface area contributed by atoms with Crippen molar-refractivity contribution in [2.75, 3.05) is 12.4 Å². The number of carbonyl (C=O) groups is 2. The fraction of sp³-hybridized carbons (Fsp3) is 0.200. The lowest BCUT2D eigenvalue weighted by Crippen LogP contribution is -2.20. The van der Waals surface area contributed by atoms with Gasteiger partial charge in [0.25, 0.3) is 11.8 Å². The van der Waals surface area contributed by atoms with Crippen molar-refractivity contribution in [1.29, 1.82) is 0 Å². The van der Waals surface area contributed by atoms with E-state index in [1.165, 1.54) is 25.4 Å². The second-order valence-corrected chi connectivity index (χ2v) is 4.81. The molecule has 0 aliphatic heterocycles. The smallest absolute Gasteiger partial charge is 0.278 e. The molecule has 23 heavy (non-hydrogen) atoms. The number of hydrogen-bond donors (Lipinski definition) is 3. The van der Waals surface area contributed by atoms with E-state index < -0.39 is 11.8 Å². The highest BCUT2D eigenvalue weighted by Crippen LogP contribution is 2.31. The number of phenols is 1. The molecule has 0 aliphatic carbocycles. The van der Waals surface area contributed by atoms with E-state index in [1.807, 2.05) is 0 Å². The molecule has 1 aromatic heterocycles. The second-order valence-electron chi connectivity index (χ2n) is 4.81. The maximum Gasteiger partial charge on any atom is 0.278 e. The molecule has 0 spiro atoms. The minimum atomic E-state index is -0.776. The molecular weight excluding hydrogens is 300 g/mol. The number of rotatable bonds is 4. The van der Waals surface area contributed by atoms with E-state index in [1.54, 1.807) is 13.8 Å². The van der Waals surface area contributed by atoms with Gasteiger partial charge >= 0.3 is 0 Å². The largest absolute Gasteiger partial charge is 0.505 e. The van der Waals surface area contributed by atoms with Crippen molar-refractivity contribution in [3.05, 3.63) is 41.0 Å². The van der Waals surface area contributed by atoms with Gasteiger partial charge in [-0.3, -0.25) is 9.59 Å². The Labute approximate surface area is 132 Å². The summed E-state index contributed by atoms with van der Waals surface area (Å²) in [4.78, 5) is 31.9. The number of anilines is 1. The maximum atomic E-state index is 12.4. The molecule has 8 nitrogen and oxygen atoms in total. The van der Waals surface area contributed by atoms with E-state index >= 15 is 0 Å². The van der Waals surface area contributed by atoms with Crippen LogP contribution in [0.3, 0.4) is 0 Å². The van der Waals surface area contributed by atoms with Gasteiger partial charge in [-0.05, 0) is 25.5 Å². The molecule has 0 fully saturated rings. The number of phenolic OH excluding ortho intramolecular Hbond substituents is 1. The minimum Gasteiger partial charge on any atom is -0.505 e. The van der Waals surface area contributed by atoms with E-state index in [0.717, 1.165) is 0 Å². The first-order chi connectivity index (χ1) is 10.8. The van der Waals surface area contributed by atoms with Gasteiger partial charge in [-0.2, -0.15) is 0 Å². The molecule has 2 rings (SSSR count). The number of aromatic hydroxyl groups is 1. The molecule has 4 N–H and O–H groups in total. The summed E-state index contributed by atoms with van der Waals surface area (Å²) in [5, 5.41) is 12.6. The number of ether oxygens (including phenoxy) is 1. The number of amides is 2. The number of nitrogens with one attached hydrogen (secondary N) is 1. The van der Waals surface area contributed by atoms with Crippen LogP contribution in [0.25, 0.3) is 0 Å². The molecule has 1 heterocycles. The number of aromatic nitrogens is 2. The summed E-state index contributed by atoms with van der Waals surface area (Å²) in [6, 6.07) is 2.95. The van der Waals surface area contributed by atoms with Crippen LogP contribution in [0.1, 0.15) is 32.2 Å². The molecule has 8 heteroatoms. The third kappa shape index (κ3) is 3.20. The Bertz CT molecular complexity index is 789. The number of nitrogens with zero attached hydrogens (tertiary/aromatic N) is 2. The molecule has 2 aromatic rings. The highest BCUT2D eigenvalue weighted by Gasteiger charge is 2.21. The number of primary amides is 1. The summed E-state index contributed by atoms with van der Waals surface area (Å²) in [7, 11) is 1.38. The Morgan fingerprint density at radius 2 is 2.00 bits per heavy atom. The van der Waals surface area contributed by atoms with E-state index in [-0.39, 0.29) is 28.4 Å². The van der Waals surface area contributed by atoms with Crippen LogP contribution in [0.4, 0.5) is 5.69 Å². The van der Waals surface area contributed by atoms with Crippen molar-refractivity contribution in [2.45, 2.75) is 13.8 Å². The maximum absolute atomic E-state index is 12.4. The van der Waals surface area contributed by atoms with E-state index in [2.05, 4.69) is 15.3 Å². The highest BCUT2D eigenvalue weighted by molar-refractivity contribution is 6.10. The summed E-state index contributed by atoms with van der Waals surface area (Å²) >= 11 is 0. The first kappa shape index (κ1) is 16.2. The average molecular weight is 316 g/mol. The normalized spacial score (nSPS) is 10.2. The van der Waals surface area contributed by atoms with Crippen LogP contribution in [-0.4, -0.2) is 34.0 Å². The lowest BCUT2D eigenvalue weighted by atomic mass is 10.1. The molecule has 0 saturated heterocycles. The fourth-order valence-electron chi connectivity index (χ4n) is 1.97. The van der Waals surface area contributed by atoms with Gasteiger partial charge in [0, 0.05) is 0 Å². The number of aryl methyl sites for hydroxylation is 2. The van der Waals surface area contributed by atoms with Crippen molar-refractivity contribution < 1.29 is 19.4 Å².